The molecule has 0 bridgehead atoms. The molecule has 0 atom stereocenters. The van der Waals surface area contributed by atoms with Gasteiger partial charge >= 0.3 is 5.97 Å². The van der Waals surface area contributed by atoms with Crippen LogP contribution in [0.3, 0.4) is 0 Å². The van der Waals surface area contributed by atoms with Gasteiger partial charge in [0.1, 0.15) is 16.5 Å². The molecule has 2 heterocycles. The van der Waals surface area contributed by atoms with Gasteiger partial charge in [0.15, 0.2) is 0 Å². The standard InChI is InChI=1S/C21H21N3O4S/c1-13(17-10-16(28-14(17)2)8-9-21(26)27)23-24-19(25)11-20-22-18(12-29-20)15-6-4-3-5-7-15/h3-7,10,12H,8-9,11H2,1-2H3,(H,24,25)(H,26,27)/b23-13-. The third-order valence-corrected chi connectivity index (χ3v) is 5.07. The summed E-state index contributed by atoms with van der Waals surface area (Å²) in [7, 11) is 0. The van der Waals surface area contributed by atoms with Crippen LogP contribution in [0.1, 0.15) is 35.4 Å². The number of carboxylic acids is 1. The minimum absolute atomic E-state index is 0.00188. The maximum Gasteiger partial charge on any atom is 0.303 e. The van der Waals surface area contributed by atoms with E-state index < -0.39 is 5.97 Å². The first-order valence-corrected chi connectivity index (χ1v) is 9.94. The predicted octanol–water partition coefficient (Wildman–Crippen LogP) is 3.81. The number of aromatic nitrogens is 1. The van der Waals surface area contributed by atoms with Crippen LogP contribution in [0.15, 0.2) is 51.3 Å². The number of hydrogen-bond acceptors (Lipinski definition) is 6. The molecule has 3 rings (SSSR count). The van der Waals surface area contributed by atoms with Crippen LogP contribution in [-0.2, 0) is 22.4 Å². The topological polar surface area (TPSA) is 105 Å². The molecule has 0 spiro atoms. The molecule has 0 saturated carbocycles. The van der Waals surface area contributed by atoms with Crippen molar-refractivity contribution >= 4 is 28.9 Å². The summed E-state index contributed by atoms with van der Waals surface area (Å²) in [5.74, 6) is 0.0757. The summed E-state index contributed by atoms with van der Waals surface area (Å²) < 4.78 is 5.57. The highest BCUT2D eigenvalue weighted by molar-refractivity contribution is 7.10. The SMILES string of the molecule is C/C(=N/NC(=O)Cc1nc(-c2ccccc2)cs1)c1cc(CCC(=O)O)oc1C. The summed E-state index contributed by atoms with van der Waals surface area (Å²) in [6.45, 7) is 3.54. The summed E-state index contributed by atoms with van der Waals surface area (Å²) >= 11 is 1.43. The fraction of sp³-hybridized carbons (Fsp3) is 0.238. The van der Waals surface area contributed by atoms with Crippen molar-refractivity contribution in [2.45, 2.75) is 33.1 Å². The molecule has 0 aliphatic carbocycles. The maximum absolute atomic E-state index is 12.2. The van der Waals surface area contributed by atoms with Crippen LogP contribution in [0.2, 0.25) is 0 Å². The smallest absolute Gasteiger partial charge is 0.303 e. The Morgan fingerprint density at radius 3 is 2.76 bits per heavy atom. The number of benzene rings is 1. The van der Waals surface area contributed by atoms with Gasteiger partial charge in [-0.2, -0.15) is 5.10 Å². The third-order valence-electron chi connectivity index (χ3n) is 4.23. The van der Waals surface area contributed by atoms with E-state index in [0.717, 1.165) is 16.8 Å². The number of amides is 1. The van der Waals surface area contributed by atoms with Gasteiger partial charge in [0.25, 0.3) is 0 Å². The summed E-state index contributed by atoms with van der Waals surface area (Å²) in [6.07, 6.45) is 0.449. The van der Waals surface area contributed by atoms with Crippen molar-refractivity contribution in [3.63, 3.8) is 0 Å². The molecule has 29 heavy (non-hydrogen) atoms. The van der Waals surface area contributed by atoms with E-state index in [-0.39, 0.29) is 18.7 Å². The van der Waals surface area contributed by atoms with Crippen LogP contribution in [-0.4, -0.2) is 27.7 Å². The lowest BCUT2D eigenvalue weighted by atomic mass is 10.1. The molecule has 2 N–H and O–H groups in total. The van der Waals surface area contributed by atoms with E-state index >= 15 is 0 Å². The van der Waals surface area contributed by atoms with Gasteiger partial charge in [0.2, 0.25) is 5.91 Å². The molecule has 0 radical (unpaired) electrons. The Labute approximate surface area is 172 Å². The number of carbonyl (C=O) groups excluding carboxylic acids is 1. The maximum atomic E-state index is 12.2. The molecule has 150 valence electrons. The molecule has 1 aromatic carbocycles. The molecule has 0 fully saturated rings. The van der Waals surface area contributed by atoms with E-state index in [2.05, 4.69) is 15.5 Å². The highest BCUT2D eigenvalue weighted by atomic mass is 32.1. The van der Waals surface area contributed by atoms with Gasteiger partial charge in [-0.25, -0.2) is 10.4 Å². The van der Waals surface area contributed by atoms with Gasteiger partial charge in [-0.15, -0.1) is 11.3 Å². The lowest BCUT2D eigenvalue weighted by Gasteiger charge is -2.01. The Bertz CT molecular complexity index is 1040. The van der Waals surface area contributed by atoms with E-state index in [1.54, 1.807) is 19.9 Å². The van der Waals surface area contributed by atoms with E-state index in [1.165, 1.54) is 11.3 Å². The second kappa shape index (κ2) is 9.29. The Morgan fingerprint density at radius 2 is 2.03 bits per heavy atom. The zero-order valence-corrected chi connectivity index (χ0v) is 17.0. The molecule has 0 aliphatic rings. The Kier molecular flexibility index (Phi) is 6.56. The van der Waals surface area contributed by atoms with Gasteiger partial charge in [0.05, 0.1) is 24.2 Å². The van der Waals surface area contributed by atoms with Crippen LogP contribution in [0.25, 0.3) is 11.3 Å². The summed E-state index contributed by atoms with van der Waals surface area (Å²) in [6, 6.07) is 11.6. The van der Waals surface area contributed by atoms with Crippen LogP contribution in [0.5, 0.6) is 0 Å². The summed E-state index contributed by atoms with van der Waals surface area (Å²) in [5, 5.41) is 15.6. The molecular weight excluding hydrogens is 390 g/mol. The number of carbonyl (C=O) groups is 2. The van der Waals surface area contributed by atoms with E-state index in [1.807, 2.05) is 35.7 Å². The zero-order chi connectivity index (χ0) is 20.8. The number of hydrazone groups is 1. The molecule has 2 aromatic heterocycles. The fourth-order valence-corrected chi connectivity index (χ4v) is 3.58. The van der Waals surface area contributed by atoms with Gasteiger partial charge in [-0.05, 0) is 19.9 Å². The number of carboxylic acid groups (broad SMARTS) is 1. The fourth-order valence-electron chi connectivity index (χ4n) is 2.77. The van der Waals surface area contributed by atoms with Crippen LogP contribution >= 0.6 is 11.3 Å². The van der Waals surface area contributed by atoms with Crippen LogP contribution in [0.4, 0.5) is 0 Å². The van der Waals surface area contributed by atoms with Crippen molar-refractivity contribution in [3.8, 4) is 11.3 Å². The average molecular weight is 411 g/mol. The van der Waals surface area contributed by atoms with Crippen molar-refractivity contribution in [3.05, 3.63) is 63.9 Å². The van der Waals surface area contributed by atoms with Crippen molar-refractivity contribution < 1.29 is 19.1 Å². The average Bonchev–Trinajstić information content (AvgIpc) is 3.32. The van der Waals surface area contributed by atoms with Gasteiger partial charge < -0.3 is 9.52 Å². The first-order chi connectivity index (χ1) is 13.9. The van der Waals surface area contributed by atoms with Crippen molar-refractivity contribution in [1.29, 1.82) is 0 Å². The minimum Gasteiger partial charge on any atom is -0.481 e. The molecule has 8 heteroatoms. The van der Waals surface area contributed by atoms with Crippen LogP contribution in [0, 0.1) is 6.92 Å². The largest absolute Gasteiger partial charge is 0.481 e. The van der Waals surface area contributed by atoms with Crippen molar-refractivity contribution in [2.24, 2.45) is 5.10 Å². The molecule has 0 unspecified atom stereocenters. The molecule has 0 aliphatic heterocycles. The molecular formula is C21H21N3O4S. The highest BCUT2D eigenvalue weighted by Gasteiger charge is 2.13. The number of furan rings is 1. The number of nitrogens with zero attached hydrogens (tertiary/aromatic N) is 2. The first kappa shape index (κ1) is 20.5. The van der Waals surface area contributed by atoms with E-state index in [9.17, 15) is 9.59 Å². The molecule has 3 aromatic rings. The quantitative estimate of drug-likeness (QED) is 0.433. The van der Waals surface area contributed by atoms with Crippen molar-refractivity contribution in [1.82, 2.24) is 10.4 Å². The number of aliphatic carboxylic acids is 1. The van der Waals surface area contributed by atoms with Crippen LogP contribution < -0.4 is 5.43 Å². The molecule has 0 saturated heterocycles. The van der Waals surface area contributed by atoms with Gasteiger partial charge in [-0.1, -0.05) is 30.3 Å². The minimum atomic E-state index is -0.879. The normalized spacial score (nSPS) is 11.4. The molecule has 1 amide bonds. The molecule has 7 nitrogen and oxygen atoms in total. The second-order valence-electron chi connectivity index (χ2n) is 6.48. The van der Waals surface area contributed by atoms with Gasteiger partial charge in [0, 0.05) is 22.9 Å². The number of rotatable bonds is 8. The Balaban J connectivity index is 1.59. The second-order valence-corrected chi connectivity index (χ2v) is 7.42. The van der Waals surface area contributed by atoms with Crippen molar-refractivity contribution in [2.75, 3.05) is 0 Å². The number of hydrogen-bond donors (Lipinski definition) is 2. The monoisotopic (exact) mass is 411 g/mol. The first-order valence-electron chi connectivity index (χ1n) is 9.07. The number of thiazole rings is 1. The Morgan fingerprint density at radius 1 is 1.28 bits per heavy atom. The highest BCUT2D eigenvalue weighted by Crippen LogP contribution is 2.22. The lowest BCUT2D eigenvalue weighted by Crippen LogP contribution is -2.21. The predicted molar refractivity (Wildman–Crippen MR) is 111 cm³/mol. The Hall–Kier alpha value is -3.26. The third kappa shape index (κ3) is 5.61. The van der Waals surface area contributed by atoms with E-state index in [4.69, 9.17) is 9.52 Å². The zero-order valence-electron chi connectivity index (χ0n) is 16.1. The number of nitrogens with one attached hydrogen (secondary N) is 1. The van der Waals surface area contributed by atoms with E-state index in [0.29, 0.717) is 28.7 Å². The summed E-state index contributed by atoms with van der Waals surface area (Å²) in [5.41, 5.74) is 5.74. The number of aryl methyl sites for hydroxylation is 2. The lowest BCUT2D eigenvalue weighted by molar-refractivity contribution is -0.137. The van der Waals surface area contributed by atoms with Gasteiger partial charge in [-0.3, -0.25) is 9.59 Å². The summed E-state index contributed by atoms with van der Waals surface area (Å²) in [4.78, 5) is 27.4.